The first-order valence-electron chi connectivity index (χ1n) is 9.34. The summed E-state index contributed by atoms with van der Waals surface area (Å²) in [5, 5.41) is 2.80. The highest BCUT2D eigenvalue weighted by Gasteiger charge is 2.46. The largest absolute Gasteiger partial charge is 0.370 e. The number of anilines is 1. The molecule has 0 aliphatic carbocycles. The Morgan fingerprint density at radius 2 is 2.20 bits per heavy atom. The number of pyridine rings is 1. The minimum absolute atomic E-state index is 0.00866. The van der Waals surface area contributed by atoms with E-state index < -0.39 is 42.8 Å². The van der Waals surface area contributed by atoms with E-state index in [0.717, 1.165) is 22.7 Å². The molecule has 1 unspecified atom stereocenters. The summed E-state index contributed by atoms with van der Waals surface area (Å²) in [6, 6.07) is 0.423. The number of alkyl halides is 4. The molecule has 1 aliphatic rings. The Bertz CT molecular complexity index is 951. The summed E-state index contributed by atoms with van der Waals surface area (Å²) in [6.45, 7) is 3.14. The van der Waals surface area contributed by atoms with Crippen LogP contribution in [0, 0.1) is 0 Å². The van der Waals surface area contributed by atoms with Crippen molar-refractivity contribution in [2.75, 3.05) is 18.4 Å². The molecule has 2 aromatic heterocycles. The van der Waals surface area contributed by atoms with Gasteiger partial charge in [0, 0.05) is 36.3 Å². The summed E-state index contributed by atoms with van der Waals surface area (Å²) in [5.74, 6) is -3.62. The number of aldehydes is 1. The zero-order valence-corrected chi connectivity index (χ0v) is 17.1. The van der Waals surface area contributed by atoms with Gasteiger partial charge in [0.05, 0.1) is 11.4 Å². The lowest BCUT2D eigenvalue weighted by molar-refractivity contribution is 0.0118. The molecule has 0 saturated carbocycles. The molecule has 1 fully saturated rings. The van der Waals surface area contributed by atoms with Gasteiger partial charge in [-0.3, -0.25) is 9.59 Å². The van der Waals surface area contributed by atoms with Crippen molar-refractivity contribution in [2.45, 2.75) is 45.1 Å². The highest BCUT2D eigenvalue weighted by Crippen LogP contribution is 2.39. The standard InChI is InChI=1S/C19H20F4N4O2S/c1-3-4-24-13-5-11(17(20)21)12(7-25-13)16-15(26-14(8-28)30-16)18(29)27-9-19(22,23)6-10(27)2/h5,7-8,10,17H,3-4,6,9H2,1-2H3,(H,24,25). The fourth-order valence-corrected chi connectivity index (χ4v) is 4.23. The van der Waals surface area contributed by atoms with Crippen molar-refractivity contribution < 1.29 is 27.2 Å². The lowest BCUT2D eigenvalue weighted by Gasteiger charge is -2.20. The molecule has 6 nitrogen and oxygen atoms in total. The van der Waals surface area contributed by atoms with E-state index in [-0.39, 0.29) is 27.0 Å². The van der Waals surface area contributed by atoms with Crippen LogP contribution in [0.5, 0.6) is 0 Å². The van der Waals surface area contributed by atoms with Crippen molar-refractivity contribution in [3.63, 3.8) is 0 Å². The Balaban J connectivity index is 2.06. The fraction of sp³-hybridized carbons (Fsp3) is 0.474. The van der Waals surface area contributed by atoms with Crippen molar-refractivity contribution in [3.05, 3.63) is 28.5 Å². The maximum atomic E-state index is 13.8. The summed E-state index contributed by atoms with van der Waals surface area (Å²) in [5.41, 5.74) is -0.747. The van der Waals surface area contributed by atoms with Crippen LogP contribution in [0.15, 0.2) is 12.3 Å². The third-order valence-electron chi connectivity index (χ3n) is 4.71. The van der Waals surface area contributed by atoms with Crippen LogP contribution in [0.2, 0.25) is 0 Å². The number of carbonyl (C=O) groups excluding carboxylic acids is 2. The van der Waals surface area contributed by atoms with E-state index in [1.165, 1.54) is 19.2 Å². The number of likely N-dealkylation sites (tertiary alicyclic amines) is 1. The summed E-state index contributed by atoms with van der Waals surface area (Å²) < 4.78 is 55.0. The van der Waals surface area contributed by atoms with E-state index in [2.05, 4.69) is 15.3 Å². The first-order chi connectivity index (χ1) is 14.2. The molecule has 1 aliphatic heterocycles. The van der Waals surface area contributed by atoms with E-state index in [9.17, 15) is 27.2 Å². The van der Waals surface area contributed by atoms with E-state index in [0.29, 0.717) is 12.8 Å². The van der Waals surface area contributed by atoms with Gasteiger partial charge in [-0.05, 0) is 19.4 Å². The summed E-state index contributed by atoms with van der Waals surface area (Å²) in [7, 11) is 0. The van der Waals surface area contributed by atoms with Crippen LogP contribution in [0.4, 0.5) is 23.4 Å². The molecular formula is C19H20F4N4O2S. The second-order valence-electron chi connectivity index (χ2n) is 7.07. The van der Waals surface area contributed by atoms with Gasteiger partial charge < -0.3 is 10.2 Å². The van der Waals surface area contributed by atoms with E-state index in [4.69, 9.17) is 0 Å². The van der Waals surface area contributed by atoms with Crippen LogP contribution in [0.1, 0.15) is 59.0 Å². The molecule has 0 spiro atoms. The number of hydrogen-bond donors (Lipinski definition) is 1. The Morgan fingerprint density at radius 1 is 1.47 bits per heavy atom. The number of thiazole rings is 1. The molecule has 1 N–H and O–H groups in total. The van der Waals surface area contributed by atoms with Crippen LogP contribution in [0.3, 0.4) is 0 Å². The van der Waals surface area contributed by atoms with Gasteiger partial charge in [-0.25, -0.2) is 27.5 Å². The first kappa shape index (κ1) is 22.1. The van der Waals surface area contributed by atoms with Crippen molar-refractivity contribution in [1.82, 2.24) is 14.9 Å². The Hall–Kier alpha value is -2.56. The Morgan fingerprint density at radius 3 is 2.77 bits per heavy atom. The van der Waals surface area contributed by atoms with E-state index >= 15 is 0 Å². The average molecular weight is 444 g/mol. The molecule has 11 heteroatoms. The molecular weight excluding hydrogens is 424 g/mol. The lowest BCUT2D eigenvalue weighted by Crippen LogP contribution is -2.35. The molecule has 1 saturated heterocycles. The second kappa shape index (κ2) is 8.66. The highest BCUT2D eigenvalue weighted by atomic mass is 32.1. The molecule has 0 bridgehead atoms. The second-order valence-corrected chi connectivity index (χ2v) is 8.10. The molecule has 1 atom stereocenters. The number of carbonyl (C=O) groups is 2. The minimum Gasteiger partial charge on any atom is -0.370 e. The van der Waals surface area contributed by atoms with Crippen molar-refractivity contribution in [2.24, 2.45) is 0 Å². The van der Waals surface area contributed by atoms with Gasteiger partial charge in [-0.15, -0.1) is 11.3 Å². The molecule has 3 heterocycles. The molecule has 1 amide bonds. The van der Waals surface area contributed by atoms with Crippen LogP contribution in [-0.2, 0) is 0 Å². The van der Waals surface area contributed by atoms with Crippen LogP contribution in [0.25, 0.3) is 10.4 Å². The van der Waals surface area contributed by atoms with Crippen LogP contribution in [-0.4, -0.2) is 52.1 Å². The molecule has 3 rings (SSSR count). The number of rotatable bonds is 7. The molecule has 0 radical (unpaired) electrons. The number of aromatic nitrogens is 2. The number of halogens is 4. The quantitative estimate of drug-likeness (QED) is 0.497. The highest BCUT2D eigenvalue weighted by molar-refractivity contribution is 7.17. The fourth-order valence-electron chi connectivity index (χ4n) is 3.33. The molecule has 2 aromatic rings. The van der Waals surface area contributed by atoms with Crippen LogP contribution < -0.4 is 5.32 Å². The van der Waals surface area contributed by atoms with Gasteiger partial charge >= 0.3 is 0 Å². The third kappa shape index (κ3) is 4.45. The number of amides is 1. The third-order valence-corrected chi connectivity index (χ3v) is 5.72. The number of hydrogen-bond acceptors (Lipinski definition) is 6. The summed E-state index contributed by atoms with van der Waals surface area (Å²) in [4.78, 5) is 33.2. The Labute approximate surface area is 174 Å². The zero-order chi connectivity index (χ0) is 22.1. The maximum absolute atomic E-state index is 13.8. The smallest absolute Gasteiger partial charge is 0.274 e. The van der Waals surface area contributed by atoms with Crippen molar-refractivity contribution >= 4 is 29.3 Å². The average Bonchev–Trinajstić information content (AvgIpc) is 3.25. The first-order valence-corrected chi connectivity index (χ1v) is 10.2. The van der Waals surface area contributed by atoms with Gasteiger partial charge in [-0.2, -0.15) is 0 Å². The van der Waals surface area contributed by atoms with Crippen molar-refractivity contribution in [1.29, 1.82) is 0 Å². The van der Waals surface area contributed by atoms with Crippen LogP contribution >= 0.6 is 11.3 Å². The topological polar surface area (TPSA) is 75.2 Å². The van der Waals surface area contributed by atoms with E-state index in [1.807, 2.05) is 6.92 Å². The van der Waals surface area contributed by atoms with Gasteiger partial charge in [0.15, 0.2) is 11.3 Å². The zero-order valence-electron chi connectivity index (χ0n) is 16.3. The van der Waals surface area contributed by atoms with Gasteiger partial charge in [0.25, 0.3) is 18.3 Å². The molecule has 162 valence electrons. The SMILES string of the molecule is CCCNc1cc(C(F)F)c(-c2sc(C=O)nc2C(=O)N2CC(F)(F)CC2C)cn1. The van der Waals surface area contributed by atoms with Gasteiger partial charge in [-0.1, -0.05) is 6.92 Å². The van der Waals surface area contributed by atoms with Gasteiger partial charge in [0.1, 0.15) is 11.5 Å². The predicted molar refractivity (Wildman–Crippen MR) is 105 cm³/mol. The lowest BCUT2D eigenvalue weighted by atomic mass is 10.1. The monoisotopic (exact) mass is 444 g/mol. The molecule has 0 aromatic carbocycles. The van der Waals surface area contributed by atoms with E-state index in [1.54, 1.807) is 0 Å². The van der Waals surface area contributed by atoms with Gasteiger partial charge in [0.2, 0.25) is 0 Å². The summed E-state index contributed by atoms with van der Waals surface area (Å²) >= 11 is 0.748. The minimum atomic E-state index is -3.04. The number of nitrogens with zero attached hydrogens (tertiary/aromatic N) is 3. The van der Waals surface area contributed by atoms with Crippen molar-refractivity contribution in [3.8, 4) is 10.4 Å². The number of nitrogens with one attached hydrogen (secondary N) is 1. The maximum Gasteiger partial charge on any atom is 0.274 e. The summed E-state index contributed by atoms with van der Waals surface area (Å²) in [6.07, 6.45) is -1.05. The normalized spacial score (nSPS) is 18.1. The molecule has 30 heavy (non-hydrogen) atoms. The Kier molecular flexibility index (Phi) is 6.39. The predicted octanol–water partition coefficient (Wildman–Crippen LogP) is 4.65.